The number of hydrogen-bond donors (Lipinski definition) is 0. The van der Waals surface area contributed by atoms with E-state index in [1.54, 1.807) is 0 Å². The average molecular weight is 355 g/mol. The van der Waals surface area contributed by atoms with Crippen LogP contribution in [0.5, 0.6) is 0 Å². The molecule has 0 spiro atoms. The third kappa shape index (κ3) is 3.30. The van der Waals surface area contributed by atoms with Gasteiger partial charge in [0, 0.05) is 26.8 Å². The number of rotatable bonds is 3. The summed E-state index contributed by atoms with van der Waals surface area (Å²) in [6.07, 6.45) is 0. The van der Waals surface area contributed by atoms with Crippen LogP contribution >= 0.6 is 26.6 Å². The van der Waals surface area contributed by atoms with Crippen LogP contribution in [-0.2, 0) is 14.8 Å². The SMILES string of the molecule is O=S(=O)(Cl)Cc1cc(-c2ccc(F)cc2Br)on1. The van der Waals surface area contributed by atoms with Gasteiger partial charge in [0.1, 0.15) is 17.3 Å². The van der Waals surface area contributed by atoms with Gasteiger partial charge < -0.3 is 4.52 Å². The summed E-state index contributed by atoms with van der Waals surface area (Å²) in [6, 6.07) is 5.48. The van der Waals surface area contributed by atoms with Crippen molar-refractivity contribution in [3.8, 4) is 11.3 Å². The summed E-state index contributed by atoms with van der Waals surface area (Å²) in [7, 11) is 1.42. The van der Waals surface area contributed by atoms with E-state index < -0.39 is 20.6 Å². The van der Waals surface area contributed by atoms with E-state index in [4.69, 9.17) is 15.2 Å². The van der Waals surface area contributed by atoms with Gasteiger partial charge in [0.25, 0.3) is 0 Å². The lowest BCUT2D eigenvalue weighted by Crippen LogP contribution is -1.94. The Hall–Kier alpha value is -0.920. The van der Waals surface area contributed by atoms with Crippen LogP contribution in [0.1, 0.15) is 5.69 Å². The van der Waals surface area contributed by atoms with Crippen molar-refractivity contribution >= 4 is 35.7 Å². The number of nitrogens with zero attached hydrogens (tertiary/aromatic N) is 1. The molecule has 96 valence electrons. The molecule has 1 aromatic heterocycles. The first-order chi connectivity index (χ1) is 8.35. The third-order valence-corrected chi connectivity index (χ3v) is 3.70. The fourth-order valence-electron chi connectivity index (χ4n) is 1.37. The minimum Gasteiger partial charge on any atom is -0.356 e. The van der Waals surface area contributed by atoms with E-state index in [0.717, 1.165) is 0 Å². The Morgan fingerprint density at radius 3 is 2.72 bits per heavy atom. The van der Waals surface area contributed by atoms with E-state index >= 15 is 0 Å². The van der Waals surface area contributed by atoms with Crippen molar-refractivity contribution in [1.29, 1.82) is 0 Å². The Morgan fingerprint density at radius 1 is 1.39 bits per heavy atom. The molecule has 0 aliphatic heterocycles. The Kier molecular flexibility index (Phi) is 3.74. The molecule has 0 bridgehead atoms. The van der Waals surface area contributed by atoms with Gasteiger partial charge in [-0.3, -0.25) is 0 Å². The van der Waals surface area contributed by atoms with Gasteiger partial charge in [0.2, 0.25) is 9.05 Å². The Balaban J connectivity index is 2.35. The van der Waals surface area contributed by atoms with Gasteiger partial charge in [-0.1, -0.05) is 5.16 Å². The molecule has 0 aliphatic carbocycles. The minimum absolute atomic E-state index is 0.191. The molecule has 0 saturated carbocycles. The van der Waals surface area contributed by atoms with Crippen LogP contribution in [0.4, 0.5) is 4.39 Å². The molecule has 2 rings (SSSR count). The van der Waals surface area contributed by atoms with E-state index in [0.29, 0.717) is 15.8 Å². The maximum Gasteiger partial charge on any atom is 0.238 e. The number of benzene rings is 1. The Bertz CT molecular complexity index is 686. The van der Waals surface area contributed by atoms with E-state index in [9.17, 15) is 12.8 Å². The van der Waals surface area contributed by atoms with E-state index in [1.165, 1.54) is 24.3 Å². The molecule has 0 aliphatic rings. The Morgan fingerprint density at radius 2 is 2.11 bits per heavy atom. The first kappa shape index (κ1) is 13.5. The normalized spacial score (nSPS) is 11.7. The second kappa shape index (κ2) is 4.99. The molecule has 2 aromatic rings. The molecule has 0 N–H and O–H groups in total. The van der Waals surface area contributed by atoms with Crippen molar-refractivity contribution in [2.24, 2.45) is 0 Å². The van der Waals surface area contributed by atoms with Crippen LogP contribution in [0.3, 0.4) is 0 Å². The van der Waals surface area contributed by atoms with Crippen LogP contribution in [0, 0.1) is 5.82 Å². The first-order valence-corrected chi connectivity index (χ1v) is 7.95. The van der Waals surface area contributed by atoms with Gasteiger partial charge in [-0.05, 0) is 34.1 Å². The highest BCUT2D eigenvalue weighted by Crippen LogP contribution is 2.29. The molecule has 18 heavy (non-hydrogen) atoms. The molecule has 0 unspecified atom stereocenters. The summed E-state index contributed by atoms with van der Waals surface area (Å²) >= 11 is 3.18. The number of aromatic nitrogens is 1. The highest BCUT2D eigenvalue weighted by Gasteiger charge is 2.15. The fourth-order valence-corrected chi connectivity index (χ4v) is 2.74. The molecular formula is C10H6BrClFNO3S. The lowest BCUT2D eigenvalue weighted by atomic mass is 10.1. The molecular weight excluding hydrogens is 349 g/mol. The molecule has 0 amide bonds. The predicted octanol–water partition coefficient (Wildman–Crippen LogP) is 3.31. The summed E-state index contributed by atoms with van der Waals surface area (Å²) in [6.45, 7) is 0. The van der Waals surface area contributed by atoms with Crippen molar-refractivity contribution in [3.63, 3.8) is 0 Å². The van der Waals surface area contributed by atoms with Crippen molar-refractivity contribution < 1.29 is 17.3 Å². The van der Waals surface area contributed by atoms with Gasteiger partial charge in [0.15, 0.2) is 5.76 Å². The molecule has 1 heterocycles. The third-order valence-electron chi connectivity index (χ3n) is 2.08. The topological polar surface area (TPSA) is 60.2 Å². The summed E-state index contributed by atoms with van der Waals surface area (Å²) in [5.74, 6) is -0.484. The first-order valence-electron chi connectivity index (χ1n) is 4.68. The highest BCUT2D eigenvalue weighted by molar-refractivity contribution is 9.10. The second-order valence-corrected chi connectivity index (χ2v) is 7.12. The fraction of sp³-hybridized carbons (Fsp3) is 0.100. The zero-order valence-electron chi connectivity index (χ0n) is 8.73. The summed E-state index contributed by atoms with van der Waals surface area (Å²) < 4.78 is 40.2. The Labute approximate surface area is 115 Å². The van der Waals surface area contributed by atoms with Crippen LogP contribution < -0.4 is 0 Å². The summed E-state index contributed by atoms with van der Waals surface area (Å²) in [5, 5.41) is 3.59. The highest BCUT2D eigenvalue weighted by atomic mass is 79.9. The van der Waals surface area contributed by atoms with Crippen molar-refractivity contribution in [1.82, 2.24) is 5.16 Å². The average Bonchev–Trinajstić information content (AvgIpc) is 2.63. The predicted molar refractivity (Wildman–Crippen MR) is 68.1 cm³/mol. The van der Waals surface area contributed by atoms with E-state index in [-0.39, 0.29) is 5.69 Å². The van der Waals surface area contributed by atoms with E-state index in [2.05, 4.69) is 21.1 Å². The zero-order chi connectivity index (χ0) is 13.3. The summed E-state index contributed by atoms with van der Waals surface area (Å²) in [5.41, 5.74) is 0.762. The van der Waals surface area contributed by atoms with Gasteiger partial charge in [0.05, 0.1) is 0 Å². The maximum atomic E-state index is 12.9. The smallest absolute Gasteiger partial charge is 0.238 e. The van der Waals surface area contributed by atoms with Crippen LogP contribution in [0.25, 0.3) is 11.3 Å². The second-order valence-electron chi connectivity index (χ2n) is 3.49. The van der Waals surface area contributed by atoms with Gasteiger partial charge in [-0.25, -0.2) is 12.8 Å². The van der Waals surface area contributed by atoms with Crippen molar-refractivity contribution in [2.45, 2.75) is 5.75 Å². The number of hydrogen-bond acceptors (Lipinski definition) is 4. The lowest BCUT2D eigenvalue weighted by Gasteiger charge is -1.98. The standard InChI is InChI=1S/C10H6BrClFNO3S/c11-9-3-6(13)1-2-8(9)10-4-7(14-17-10)5-18(12,15)16/h1-4H,5H2. The largest absolute Gasteiger partial charge is 0.356 e. The maximum absolute atomic E-state index is 12.9. The minimum atomic E-state index is -3.68. The molecule has 0 fully saturated rings. The van der Waals surface area contributed by atoms with Gasteiger partial charge >= 0.3 is 0 Å². The van der Waals surface area contributed by atoms with E-state index in [1.807, 2.05) is 0 Å². The van der Waals surface area contributed by atoms with Crippen LogP contribution in [0.15, 0.2) is 33.3 Å². The van der Waals surface area contributed by atoms with Crippen LogP contribution in [0.2, 0.25) is 0 Å². The monoisotopic (exact) mass is 353 g/mol. The lowest BCUT2D eigenvalue weighted by molar-refractivity contribution is 0.425. The summed E-state index contributed by atoms with van der Waals surface area (Å²) in [4.78, 5) is 0. The van der Waals surface area contributed by atoms with Gasteiger partial charge in [-0.15, -0.1) is 0 Å². The molecule has 0 saturated heterocycles. The van der Waals surface area contributed by atoms with Gasteiger partial charge in [-0.2, -0.15) is 0 Å². The molecule has 0 radical (unpaired) electrons. The zero-order valence-corrected chi connectivity index (χ0v) is 11.9. The molecule has 1 aromatic carbocycles. The van der Waals surface area contributed by atoms with Crippen molar-refractivity contribution in [3.05, 3.63) is 40.2 Å². The molecule has 4 nitrogen and oxygen atoms in total. The quantitative estimate of drug-likeness (QED) is 0.793. The number of halogens is 3. The molecule has 0 atom stereocenters. The van der Waals surface area contributed by atoms with Crippen LogP contribution in [-0.4, -0.2) is 13.6 Å². The van der Waals surface area contributed by atoms with Crippen molar-refractivity contribution in [2.75, 3.05) is 0 Å². The molecule has 8 heteroatoms.